The van der Waals surface area contributed by atoms with E-state index in [1.54, 1.807) is 17.7 Å². The van der Waals surface area contributed by atoms with Crippen LogP contribution in [0.5, 0.6) is 0 Å². The number of nitrogens with one attached hydrogen (secondary N) is 1. The van der Waals surface area contributed by atoms with E-state index in [9.17, 15) is 5.26 Å². The topological polar surface area (TPSA) is 48.2 Å². The number of fused-ring (bicyclic) bond motifs is 1. The van der Waals surface area contributed by atoms with Crippen LogP contribution in [0.3, 0.4) is 0 Å². The molecule has 2 rings (SSSR count). The molecule has 1 N–H and O–H groups in total. The summed E-state index contributed by atoms with van der Waals surface area (Å²) in [6, 6.07) is 2.40. The minimum atomic E-state index is 0.337. The molecule has 3 nitrogen and oxygen atoms in total. The van der Waals surface area contributed by atoms with Gasteiger partial charge in [-0.05, 0) is 42.6 Å². The average molecular weight is 318 g/mol. The Balaban J connectivity index is 2.13. The molecule has 0 saturated heterocycles. The molecule has 4 heteroatoms. The Kier molecular flexibility index (Phi) is 5.63. The predicted molar refractivity (Wildman–Crippen MR) is 95.9 cm³/mol. The summed E-state index contributed by atoms with van der Waals surface area (Å²) in [6.07, 6.45) is 7.35. The molecular formula is C18H27N3S. The monoisotopic (exact) mass is 317 g/mol. The molecule has 1 aromatic rings. The summed E-state index contributed by atoms with van der Waals surface area (Å²) < 4.78 is 0. The fourth-order valence-electron chi connectivity index (χ4n) is 2.96. The Morgan fingerprint density at radius 3 is 2.86 bits per heavy atom. The van der Waals surface area contributed by atoms with Crippen molar-refractivity contribution >= 4 is 22.7 Å². The van der Waals surface area contributed by atoms with Gasteiger partial charge in [-0.3, -0.25) is 4.99 Å². The molecule has 0 aromatic carbocycles. The number of anilines is 1. The third kappa shape index (κ3) is 3.89. The molecule has 0 bridgehead atoms. The van der Waals surface area contributed by atoms with E-state index in [1.165, 1.54) is 16.9 Å². The van der Waals surface area contributed by atoms with E-state index in [0.29, 0.717) is 11.3 Å². The molecule has 1 aliphatic carbocycles. The van der Waals surface area contributed by atoms with Crippen LogP contribution in [0.1, 0.15) is 63.0 Å². The second-order valence-electron chi connectivity index (χ2n) is 7.16. The van der Waals surface area contributed by atoms with Crippen LogP contribution >= 0.6 is 11.3 Å². The summed E-state index contributed by atoms with van der Waals surface area (Å²) in [5.74, 6) is 0.705. The molecule has 1 heterocycles. The lowest BCUT2D eigenvalue weighted by Crippen LogP contribution is -2.26. The minimum absolute atomic E-state index is 0.337. The molecule has 120 valence electrons. The van der Waals surface area contributed by atoms with Gasteiger partial charge in [0.1, 0.15) is 11.1 Å². The highest BCUT2D eigenvalue weighted by molar-refractivity contribution is 7.16. The van der Waals surface area contributed by atoms with Crippen molar-refractivity contribution in [1.29, 1.82) is 5.26 Å². The molecule has 0 saturated carbocycles. The first kappa shape index (κ1) is 17.0. The number of unbranched alkanes of at least 4 members (excludes halogenated alkanes) is 1. The maximum absolute atomic E-state index is 9.50. The van der Waals surface area contributed by atoms with E-state index in [2.05, 4.69) is 44.1 Å². The quantitative estimate of drug-likeness (QED) is 0.471. The first-order valence-corrected chi connectivity index (χ1v) is 9.08. The van der Waals surface area contributed by atoms with Crippen molar-refractivity contribution in [1.82, 2.24) is 0 Å². The zero-order valence-electron chi connectivity index (χ0n) is 14.2. The lowest BCUT2D eigenvalue weighted by molar-refractivity contribution is 0.218. The second-order valence-corrected chi connectivity index (χ2v) is 8.26. The number of hydrogen-bond acceptors (Lipinski definition) is 3. The summed E-state index contributed by atoms with van der Waals surface area (Å²) in [7, 11) is 0. The van der Waals surface area contributed by atoms with Crippen molar-refractivity contribution in [2.75, 3.05) is 11.9 Å². The molecule has 0 fully saturated rings. The normalized spacial score (nSPS) is 18.2. The molecule has 0 aliphatic heterocycles. The number of hydrogen-bond donors (Lipinski definition) is 1. The Bertz CT molecular complexity index is 572. The maximum Gasteiger partial charge on any atom is 0.112 e. The van der Waals surface area contributed by atoms with Crippen LogP contribution in [0.25, 0.3) is 0 Å². The standard InChI is InChI=1S/C18H27N3S/c1-5-6-9-20-12-21-17-15(11-19)14-8-7-13(18(2,3)4)10-16(14)22-17/h12-13H,5-10H2,1-4H3,(H,20,21). The largest absolute Gasteiger partial charge is 0.337 e. The summed E-state index contributed by atoms with van der Waals surface area (Å²) >= 11 is 1.75. The molecule has 1 aromatic heterocycles. The van der Waals surface area contributed by atoms with Crippen LogP contribution in [0, 0.1) is 22.7 Å². The highest BCUT2D eigenvalue weighted by Crippen LogP contribution is 2.43. The molecule has 22 heavy (non-hydrogen) atoms. The fraction of sp³-hybridized carbons (Fsp3) is 0.667. The van der Waals surface area contributed by atoms with E-state index in [-0.39, 0.29) is 0 Å². The van der Waals surface area contributed by atoms with Gasteiger partial charge in [0, 0.05) is 11.4 Å². The fourth-order valence-corrected chi connectivity index (χ4v) is 4.20. The smallest absolute Gasteiger partial charge is 0.112 e. The Labute approximate surface area is 138 Å². The molecule has 0 spiro atoms. The van der Waals surface area contributed by atoms with Crippen molar-refractivity contribution in [3.8, 4) is 6.07 Å². The number of nitrogens with zero attached hydrogens (tertiary/aromatic N) is 2. The van der Waals surface area contributed by atoms with Crippen molar-refractivity contribution in [3.05, 3.63) is 16.0 Å². The lowest BCUT2D eigenvalue weighted by Gasteiger charge is -2.33. The molecule has 1 atom stereocenters. The molecule has 1 unspecified atom stereocenters. The van der Waals surface area contributed by atoms with Gasteiger partial charge in [0.15, 0.2) is 0 Å². The van der Waals surface area contributed by atoms with Gasteiger partial charge in [-0.25, -0.2) is 0 Å². The maximum atomic E-state index is 9.50. The third-order valence-corrected chi connectivity index (χ3v) is 5.72. The zero-order chi connectivity index (χ0) is 16.2. The van der Waals surface area contributed by atoms with Gasteiger partial charge in [0.05, 0.1) is 11.9 Å². The first-order chi connectivity index (χ1) is 10.5. The molecule has 0 radical (unpaired) electrons. The van der Waals surface area contributed by atoms with E-state index in [4.69, 9.17) is 0 Å². The summed E-state index contributed by atoms with van der Waals surface area (Å²) in [4.78, 5) is 5.75. The van der Waals surface area contributed by atoms with Crippen LogP contribution in [0.15, 0.2) is 4.99 Å². The van der Waals surface area contributed by atoms with Crippen LogP contribution in [0.4, 0.5) is 5.00 Å². The van der Waals surface area contributed by atoms with Crippen LogP contribution < -0.4 is 5.32 Å². The van der Waals surface area contributed by atoms with Gasteiger partial charge in [0.25, 0.3) is 0 Å². The Morgan fingerprint density at radius 2 is 2.23 bits per heavy atom. The minimum Gasteiger partial charge on any atom is -0.337 e. The Morgan fingerprint density at radius 1 is 1.45 bits per heavy atom. The third-order valence-electron chi connectivity index (χ3n) is 4.53. The predicted octanol–water partition coefficient (Wildman–Crippen LogP) is 5.01. The molecular weight excluding hydrogens is 290 g/mol. The molecule has 1 aliphatic rings. The van der Waals surface area contributed by atoms with E-state index in [0.717, 1.165) is 42.8 Å². The molecule has 0 amide bonds. The SMILES string of the molecule is CCCCN=CNc1sc2c(c1C#N)CCC(C(C)(C)C)C2. The van der Waals surface area contributed by atoms with Gasteiger partial charge >= 0.3 is 0 Å². The average Bonchev–Trinajstić information content (AvgIpc) is 2.82. The van der Waals surface area contributed by atoms with Crippen LogP contribution in [-0.4, -0.2) is 12.9 Å². The van der Waals surface area contributed by atoms with Crippen molar-refractivity contribution in [3.63, 3.8) is 0 Å². The summed E-state index contributed by atoms with van der Waals surface area (Å²) in [5.41, 5.74) is 2.45. The van der Waals surface area contributed by atoms with E-state index in [1.807, 2.05) is 0 Å². The second kappa shape index (κ2) is 7.28. The first-order valence-electron chi connectivity index (χ1n) is 8.26. The van der Waals surface area contributed by atoms with Crippen molar-refractivity contribution in [2.24, 2.45) is 16.3 Å². The zero-order valence-corrected chi connectivity index (χ0v) is 15.0. The van der Waals surface area contributed by atoms with Gasteiger partial charge < -0.3 is 5.32 Å². The van der Waals surface area contributed by atoms with Gasteiger partial charge in [-0.15, -0.1) is 11.3 Å². The number of aliphatic imine (C=N–C) groups is 1. The van der Waals surface area contributed by atoms with Crippen molar-refractivity contribution in [2.45, 2.75) is 59.8 Å². The van der Waals surface area contributed by atoms with Crippen LogP contribution in [0.2, 0.25) is 0 Å². The van der Waals surface area contributed by atoms with Gasteiger partial charge in [-0.1, -0.05) is 34.1 Å². The summed E-state index contributed by atoms with van der Waals surface area (Å²) in [5, 5.41) is 13.7. The lowest BCUT2D eigenvalue weighted by atomic mass is 9.72. The number of nitriles is 1. The number of rotatable bonds is 5. The van der Waals surface area contributed by atoms with Crippen molar-refractivity contribution < 1.29 is 0 Å². The highest BCUT2D eigenvalue weighted by atomic mass is 32.1. The van der Waals surface area contributed by atoms with Gasteiger partial charge in [0.2, 0.25) is 0 Å². The van der Waals surface area contributed by atoms with E-state index < -0.39 is 0 Å². The van der Waals surface area contributed by atoms with Gasteiger partial charge in [-0.2, -0.15) is 5.26 Å². The van der Waals surface area contributed by atoms with E-state index >= 15 is 0 Å². The highest BCUT2D eigenvalue weighted by Gasteiger charge is 2.31. The Hall–Kier alpha value is -1.34. The summed E-state index contributed by atoms with van der Waals surface area (Å²) in [6.45, 7) is 9.97. The van der Waals surface area contributed by atoms with Crippen LogP contribution in [-0.2, 0) is 12.8 Å². The number of thiophene rings is 1.